The van der Waals surface area contributed by atoms with E-state index in [0.29, 0.717) is 17.1 Å². The lowest BCUT2D eigenvalue weighted by atomic mass is 10.1. The van der Waals surface area contributed by atoms with E-state index in [-0.39, 0.29) is 24.5 Å². The van der Waals surface area contributed by atoms with Crippen molar-refractivity contribution in [3.63, 3.8) is 0 Å². The number of nitrogens with one attached hydrogen (secondary N) is 2. The Kier molecular flexibility index (Phi) is 6.94. The highest BCUT2D eigenvalue weighted by Gasteiger charge is 2.26. The Morgan fingerprint density at radius 2 is 1.74 bits per heavy atom. The molecule has 0 bridgehead atoms. The van der Waals surface area contributed by atoms with Crippen molar-refractivity contribution >= 4 is 40.9 Å². The number of amides is 4. The molecule has 2 aromatic carbocycles. The van der Waals surface area contributed by atoms with E-state index in [4.69, 9.17) is 9.47 Å². The summed E-state index contributed by atoms with van der Waals surface area (Å²) in [6.45, 7) is -0.673. The number of carbonyl (C=O) groups excluding carboxylic acids is 4. The van der Waals surface area contributed by atoms with Crippen LogP contribution in [0.4, 0.5) is 16.2 Å². The minimum atomic E-state index is -0.834. The number of methoxy groups -OCH3 is 1. The fraction of sp³-hybridized carbons (Fsp3) is 0.190. The van der Waals surface area contributed by atoms with Crippen LogP contribution in [0, 0.1) is 0 Å². The number of para-hydroxylation sites is 1. The maximum Gasteiger partial charge on any atom is 0.355 e. The number of ether oxygens (including phenoxy) is 2. The first-order valence-corrected chi connectivity index (χ1v) is 9.34. The Morgan fingerprint density at radius 1 is 1.03 bits per heavy atom. The lowest BCUT2D eigenvalue weighted by molar-refractivity contribution is -0.141. The predicted octanol–water partition coefficient (Wildman–Crippen LogP) is 2.07. The fourth-order valence-electron chi connectivity index (χ4n) is 2.69. The van der Waals surface area contributed by atoms with Gasteiger partial charge in [0.25, 0.3) is 5.91 Å². The summed E-state index contributed by atoms with van der Waals surface area (Å²) in [5.74, 6) is -1.28. The van der Waals surface area contributed by atoms with Gasteiger partial charge in [-0.2, -0.15) is 5.10 Å². The molecule has 0 aliphatic carbocycles. The van der Waals surface area contributed by atoms with E-state index in [1.807, 2.05) is 0 Å². The maximum absolute atomic E-state index is 12.2. The molecule has 1 heterocycles. The van der Waals surface area contributed by atoms with Gasteiger partial charge in [0.15, 0.2) is 6.61 Å². The van der Waals surface area contributed by atoms with E-state index in [2.05, 4.69) is 15.7 Å². The van der Waals surface area contributed by atoms with Gasteiger partial charge < -0.3 is 14.8 Å². The van der Waals surface area contributed by atoms with E-state index < -0.39 is 24.5 Å². The number of carbonyl (C=O) groups is 4. The van der Waals surface area contributed by atoms with Crippen LogP contribution in [0.25, 0.3) is 0 Å². The molecule has 0 spiro atoms. The molecule has 1 aliphatic heterocycles. The van der Waals surface area contributed by atoms with E-state index in [1.54, 1.807) is 54.6 Å². The highest BCUT2D eigenvalue weighted by molar-refractivity contribution is 6.38. The van der Waals surface area contributed by atoms with Gasteiger partial charge in [-0.1, -0.05) is 18.2 Å². The molecular weight excluding hydrogens is 404 g/mol. The first-order valence-electron chi connectivity index (χ1n) is 9.34. The summed E-state index contributed by atoms with van der Waals surface area (Å²) in [7, 11) is 1.52. The molecule has 0 atom stereocenters. The number of hydrogen-bond acceptors (Lipinski definition) is 7. The normalized spacial score (nSPS) is 13.1. The second-order valence-electron chi connectivity index (χ2n) is 6.39. The third kappa shape index (κ3) is 5.89. The summed E-state index contributed by atoms with van der Waals surface area (Å²) in [5, 5.41) is 9.70. The molecule has 3 rings (SSSR count). The summed E-state index contributed by atoms with van der Waals surface area (Å²) in [4.78, 5) is 48.1. The van der Waals surface area contributed by atoms with Crippen LogP contribution in [-0.4, -0.2) is 43.2 Å². The van der Waals surface area contributed by atoms with Gasteiger partial charge in [-0.25, -0.2) is 14.6 Å². The Balaban J connectivity index is 1.50. The molecule has 160 valence electrons. The molecule has 0 radical (unpaired) electrons. The van der Waals surface area contributed by atoms with Gasteiger partial charge in [-0.15, -0.1) is 0 Å². The van der Waals surface area contributed by atoms with Crippen LogP contribution < -0.4 is 20.4 Å². The van der Waals surface area contributed by atoms with Crippen molar-refractivity contribution in [1.29, 1.82) is 0 Å². The molecule has 0 saturated heterocycles. The molecular formula is C21H20N4O6. The SMILES string of the molecule is COc1ccc(NC(=O)NC(=O)COC(=O)C2=NN(c3ccccc3)C(=O)CC2)cc1. The van der Waals surface area contributed by atoms with E-state index in [9.17, 15) is 19.2 Å². The molecule has 0 unspecified atom stereocenters. The first-order chi connectivity index (χ1) is 15.0. The Morgan fingerprint density at radius 3 is 2.42 bits per heavy atom. The minimum absolute atomic E-state index is 0.0129. The molecule has 2 N–H and O–H groups in total. The van der Waals surface area contributed by atoms with Crippen molar-refractivity contribution in [2.75, 3.05) is 24.0 Å². The molecule has 10 heteroatoms. The average molecular weight is 424 g/mol. The molecule has 0 saturated carbocycles. The van der Waals surface area contributed by atoms with Crippen molar-refractivity contribution in [3.05, 3.63) is 54.6 Å². The number of imide groups is 1. The van der Waals surface area contributed by atoms with Gasteiger partial charge in [0, 0.05) is 18.5 Å². The van der Waals surface area contributed by atoms with Crippen molar-refractivity contribution in [1.82, 2.24) is 5.32 Å². The fourth-order valence-corrected chi connectivity index (χ4v) is 2.69. The van der Waals surface area contributed by atoms with E-state index >= 15 is 0 Å². The zero-order chi connectivity index (χ0) is 22.2. The average Bonchev–Trinajstić information content (AvgIpc) is 2.78. The smallest absolute Gasteiger partial charge is 0.355 e. The topological polar surface area (TPSA) is 126 Å². The number of urea groups is 1. The van der Waals surface area contributed by atoms with Crippen molar-refractivity contribution in [3.8, 4) is 5.75 Å². The monoisotopic (exact) mass is 424 g/mol. The number of benzene rings is 2. The second-order valence-corrected chi connectivity index (χ2v) is 6.39. The number of anilines is 2. The Bertz CT molecular complexity index is 1000. The molecule has 31 heavy (non-hydrogen) atoms. The summed E-state index contributed by atoms with van der Waals surface area (Å²) in [6, 6.07) is 14.4. The van der Waals surface area contributed by atoms with Crippen LogP contribution in [-0.2, 0) is 19.1 Å². The number of rotatable bonds is 6. The summed E-state index contributed by atoms with van der Waals surface area (Å²) >= 11 is 0. The molecule has 0 fully saturated rings. The van der Waals surface area contributed by atoms with Crippen LogP contribution in [0.15, 0.2) is 59.7 Å². The van der Waals surface area contributed by atoms with Gasteiger partial charge in [-0.05, 0) is 36.4 Å². The molecule has 0 aromatic heterocycles. The summed E-state index contributed by atoms with van der Waals surface area (Å²) in [5.41, 5.74) is 0.981. The largest absolute Gasteiger partial charge is 0.497 e. The van der Waals surface area contributed by atoms with Crippen LogP contribution in [0.5, 0.6) is 5.75 Å². The third-order valence-corrected chi connectivity index (χ3v) is 4.20. The van der Waals surface area contributed by atoms with Crippen molar-refractivity contribution in [2.24, 2.45) is 5.10 Å². The molecule has 10 nitrogen and oxygen atoms in total. The first kappa shape index (κ1) is 21.5. The van der Waals surface area contributed by atoms with Gasteiger partial charge >= 0.3 is 12.0 Å². The van der Waals surface area contributed by atoms with Crippen LogP contribution >= 0.6 is 0 Å². The molecule has 1 aliphatic rings. The lowest BCUT2D eigenvalue weighted by Crippen LogP contribution is -2.39. The zero-order valence-electron chi connectivity index (χ0n) is 16.7. The van der Waals surface area contributed by atoms with Gasteiger partial charge in [-0.3, -0.25) is 14.9 Å². The Hall–Kier alpha value is -4.21. The number of hydrogen-bond donors (Lipinski definition) is 2. The van der Waals surface area contributed by atoms with E-state index in [0.717, 1.165) is 5.01 Å². The summed E-state index contributed by atoms with van der Waals surface area (Å²) in [6.07, 6.45) is 0.180. The summed E-state index contributed by atoms with van der Waals surface area (Å²) < 4.78 is 9.95. The lowest BCUT2D eigenvalue weighted by Gasteiger charge is -2.22. The number of esters is 1. The minimum Gasteiger partial charge on any atom is -0.497 e. The van der Waals surface area contributed by atoms with Crippen molar-refractivity contribution in [2.45, 2.75) is 12.8 Å². The van der Waals surface area contributed by atoms with E-state index in [1.165, 1.54) is 7.11 Å². The standard InChI is InChI=1S/C21H20N4O6/c1-30-16-9-7-14(8-10-16)22-21(29)23-18(26)13-31-20(28)17-11-12-19(27)25(24-17)15-5-3-2-4-6-15/h2-10H,11-13H2,1H3,(H2,22,23,26,29). The highest BCUT2D eigenvalue weighted by Crippen LogP contribution is 2.20. The van der Waals surface area contributed by atoms with Gasteiger partial charge in [0.1, 0.15) is 11.5 Å². The number of nitrogens with zero attached hydrogens (tertiary/aromatic N) is 2. The zero-order valence-corrected chi connectivity index (χ0v) is 16.7. The van der Waals surface area contributed by atoms with Gasteiger partial charge in [0.05, 0.1) is 12.8 Å². The quantitative estimate of drug-likeness (QED) is 0.684. The predicted molar refractivity (Wildman–Crippen MR) is 112 cm³/mol. The Labute approximate surface area is 177 Å². The van der Waals surface area contributed by atoms with Crippen LogP contribution in [0.1, 0.15) is 12.8 Å². The van der Waals surface area contributed by atoms with Gasteiger partial charge in [0.2, 0.25) is 5.91 Å². The third-order valence-electron chi connectivity index (χ3n) is 4.20. The maximum atomic E-state index is 12.2. The second kappa shape index (κ2) is 10.0. The number of hydrazone groups is 1. The highest BCUT2D eigenvalue weighted by atomic mass is 16.5. The van der Waals surface area contributed by atoms with Crippen LogP contribution in [0.2, 0.25) is 0 Å². The molecule has 4 amide bonds. The van der Waals surface area contributed by atoms with Crippen LogP contribution in [0.3, 0.4) is 0 Å². The van der Waals surface area contributed by atoms with Crippen molar-refractivity contribution < 1.29 is 28.7 Å². The molecule has 2 aromatic rings.